The number of terminal acetylenes is 1. The predicted octanol–water partition coefficient (Wildman–Crippen LogP) is 7.51. The van der Waals surface area contributed by atoms with Crippen molar-refractivity contribution in [2.24, 2.45) is 0 Å². The minimum Gasteiger partial charge on any atom is -0.483 e. The van der Waals surface area contributed by atoms with Crippen LogP contribution in [-0.4, -0.2) is 72.1 Å². The molecule has 0 saturated carbocycles. The van der Waals surface area contributed by atoms with Gasteiger partial charge in [0.15, 0.2) is 0 Å². The van der Waals surface area contributed by atoms with Crippen LogP contribution in [-0.2, 0) is 10.2 Å². The number of esters is 1. The van der Waals surface area contributed by atoms with E-state index in [1.165, 1.54) is 17.7 Å². The second-order valence-electron chi connectivity index (χ2n) is 12.7. The fourth-order valence-corrected chi connectivity index (χ4v) is 7.88. The number of hydrogen-bond acceptors (Lipinski definition) is 6. The third kappa shape index (κ3) is 7.55. The molecule has 1 fully saturated rings. The number of carbonyl (C=O) groups is 1. The summed E-state index contributed by atoms with van der Waals surface area (Å²) in [5.41, 5.74) is 4.30. The topological polar surface area (TPSA) is 42.0 Å². The molecule has 1 unspecified atom stereocenters. The molecule has 0 bridgehead atoms. The van der Waals surface area contributed by atoms with E-state index in [-0.39, 0.29) is 28.8 Å². The molecular weight excluding hydrogens is 639 g/mol. The zero-order valence-electron chi connectivity index (χ0n) is 26.5. The van der Waals surface area contributed by atoms with Gasteiger partial charge in [-0.2, -0.15) is 11.8 Å². The fourth-order valence-electron chi connectivity index (χ4n) is 6.90. The van der Waals surface area contributed by atoms with Crippen molar-refractivity contribution in [3.8, 4) is 23.8 Å². The van der Waals surface area contributed by atoms with Crippen LogP contribution in [0.2, 0.25) is 0 Å². The second kappa shape index (κ2) is 14.9. The lowest BCUT2D eigenvalue weighted by atomic mass is 9.72. The lowest BCUT2D eigenvalue weighted by molar-refractivity contribution is -0.134. The Morgan fingerprint density at radius 3 is 2.55 bits per heavy atom. The summed E-state index contributed by atoms with van der Waals surface area (Å²) in [6.07, 6.45) is 9.43. The Hall–Kier alpha value is -2.31. The third-order valence-corrected chi connectivity index (χ3v) is 10.2. The Kier molecular flexibility index (Phi) is 11.7. The molecule has 5 rings (SSSR count). The molecule has 3 aliphatic rings. The quantitative estimate of drug-likeness (QED) is 0.147. The van der Waals surface area contributed by atoms with Gasteiger partial charge in [0.2, 0.25) is 0 Å². The molecule has 3 heterocycles. The van der Waals surface area contributed by atoms with Crippen molar-refractivity contribution in [1.29, 1.82) is 0 Å². The molecule has 8 heteroatoms. The molecule has 2 aromatic carbocycles. The first-order valence-corrected chi connectivity index (χ1v) is 16.8. The van der Waals surface area contributed by atoms with E-state index in [0.717, 1.165) is 91.4 Å². The van der Waals surface area contributed by atoms with Gasteiger partial charge in [-0.15, -0.1) is 23.4 Å². The van der Waals surface area contributed by atoms with Crippen LogP contribution < -0.4 is 9.47 Å². The molecule has 44 heavy (non-hydrogen) atoms. The average molecular weight is 686 g/mol. The highest BCUT2D eigenvalue weighted by Crippen LogP contribution is 2.51. The van der Waals surface area contributed by atoms with Gasteiger partial charge in [-0.3, -0.25) is 9.69 Å². The Labute approximate surface area is 277 Å². The van der Waals surface area contributed by atoms with Crippen LogP contribution in [0.1, 0.15) is 76.5 Å². The first-order valence-electron chi connectivity index (χ1n) is 15.7. The molecule has 1 atom stereocenters. The van der Waals surface area contributed by atoms with Crippen molar-refractivity contribution in [1.82, 2.24) is 9.80 Å². The SMILES string of the molecule is Br.C#CCN1CCC2=C(C1)c1c(OC(=O)CCCN3CCSCC3)cc(C(C)(CCC)c3ccc(F)cc3)cc1OC2(C)C. The van der Waals surface area contributed by atoms with Crippen LogP contribution in [0.3, 0.4) is 0 Å². The van der Waals surface area contributed by atoms with Crippen molar-refractivity contribution in [3.05, 3.63) is 64.5 Å². The molecule has 0 radical (unpaired) electrons. The Morgan fingerprint density at radius 2 is 1.86 bits per heavy atom. The maximum Gasteiger partial charge on any atom is 0.311 e. The summed E-state index contributed by atoms with van der Waals surface area (Å²) >= 11 is 1.99. The highest BCUT2D eigenvalue weighted by molar-refractivity contribution is 8.93. The van der Waals surface area contributed by atoms with Gasteiger partial charge in [0.1, 0.15) is 22.9 Å². The number of ether oxygens (including phenoxy) is 2. The largest absolute Gasteiger partial charge is 0.483 e. The zero-order chi connectivity index (χ0) is 30.6. The Bertz CT molecular complexity index is 1400. The van der Waals surface area contributed by atoms with E-state index in [1.807, 2.05) is 30.0 Å². The summed E-state index contributed by atoms with van der Waals surface area (Å²) in [4.78, 5) is 18.1. The number of thioether (sulfide) groups is 1. The standard InChI is InChI=1S/C36H45FN2O3S.BrH/c1-6-15-36(5,26-10-12-28(37)13-11-26)27-23-31(41-33(40)9-8-17-38-19-21-43-22-20-38)34-29-25-39(16-7-2)18-14-30(29)35(3,4)42-32(34)24-27;/h2,10-13,23-24H,6,8-9,14-22,25H2,1,3-5H3;1H. The summed E-state index contributed by atoms with van der Waals surface area (Å²) in [7, 11) is 0. The first kappa shape index (κ1) is 34.6. The normalized spacial score (nSPS) is 19.5. The van der Waals surface area contributed by atoms with Gasteiger partial charge < -0.3 is 14.4 Å². The molecule has 0 amide bonds. The van der Waals surface area contributed by atoms with Gasteiger partial charge in [0.25, 0.3) is 0 Å². The van der Waals surface area contributed by atoms with Gasteiger partial charge in [-0.25, -0.2) is 4.39 Å². The van der Waals surface area contributed by atoms with Gasteiger partial charge in [-0.05, 0) is 86.2 Å². The number of nitrogens with zero attached hydrogens (tertiary/aromatic N) is 2. The Balaban J connectivity index is 0.00000442. The van der Waals surface area contributed by atoms with Crippen molar-refractivity contribution >= 4 is 40.3 Å². The van der Waals surface area contributed by atoms with Gasteiger partial charge >= 0.3 is 5.97 Å². The molecule has 5 nitrogen and oxygen atoms in total. The van der Waals surface area contributed by atoms with E-state index < -0.39 is 11.0 Å². The second-order valence-corrected chi connectivity index (χ2v) is 13.9. The molecule has 0 aliphatic carbocycles. The molecular formula is C36H46BrFN2O3S. The van der Waals surface area contributed by atoms with Crippen LogP contribution >= 0.6 is 28.7 Å². The minimum absolute atomic E-state index is 0. The summed E-state index contributed by atoms with van der Waals surface area (Å²) in [6, 6.07) is 10.9. The van der Waals surface area contributed by atoms with E-state index in [4.69, 9.17) is 15.9 Å². The maximum absolute atomic E-state index is 13.9. The van der Waals surface area contributed by atoms with Crippen LogP contribution in [0.25, 0.3) is 5.57 Å². The fraction of sp³-hybridized carbons (Fsp3) is 0.528. The smallest absolute Gasteiger partial charge is 0.311 e. The number of hydrogen-bond donors (Lipinski definition) is 0. The highest BCUT2D eigenvalue weighted by atomic mass is 79.9. The lowest BCUT2D eigenvalue weighted by Crippen LogP contribution is -2.42. The van der Waals surface area contributed by atoms with Crippen LogP contribution in [0.5, 0.6) is 11.5 Å². The van der Waals surface area contributed by atoms with E-state index >= 15 is 0 Å². The first-order chi connectivity index (χ1) is 20.6. The number of fused-ring (bicyclic) bond motifs is 2. The molecule has 1 saturated heterocycles. The average Bonchev–Trinajstić information content (AvgIpc) is 2.97. The monoisotopic (exact) mass is 684 g/mol. The third-order valence-electron chi connectivity index (χ3n) is 9.25. The summed E-state index contributed by atoms with van der Waals surface area (Å²) in [6.45, 7) is 13.7. The van der Waals surface area contributed by atoms with E-state index in [9.17, 15) is 9.18 Å². The van der Waals surface area contributed by atoms with Gasteiger partial charge in [0.05, 0.1) is 12.1 Å². The Morgan fingerprint density at radius 1 is 1.14 bits per heavy atom. The number of halogens is 2. The summed E-state index contributed by atoms with van der Waals surface area (Å²) < 4.78 is 27.0. The number of benzene rings is 2. The van der Waals surface area contributed by atoms with Crippen molar-refractivity contribution in [2.75, 3.05) is 50.8 Å². The van der Waals surface area contributed by atoms with E-state index in [2.05, 4.69) is 49.5 Å². The van der Waals surface area contributed by atoms with Gasteiger partial charge in [0, 0.05) is 49.5 Å². The number of rotatable bonds is 10. The van der Waals surface area contributed by atoms with Crippen LogP contribution in [0.4, 0.5) is 4.39 Å². The highest BCUT2D eigenvalue weighted by Gasteiger charge is 2.41. The van der Waals surface area contributed by atoms with Crippen LogP contribution in [0, 0.1) is 18.2 Å². The number of carbonyl (C=O) groups excluding carboxylic acids is 1. The molecule has 0 aromatic heterocycles. The van der Waals surface area contributed by atoms with Crippen molar-refractivity contribution in [3.63, 3.8) is 0 Å². The summed E-state index contributed by atoms with van der Waals surface area (Å²) in [5.74, 6) is 5.88. The molecule has 0 N–H and O–H groups in total. The maximum atomic E-state index is 13.9. The molecule has 238 valence electrons. The molecule has 0 spiro atoms. The molecule has 3 aliphatic heterocycles. The minimum atomic E-state index is -0.506. The van der Waals surface area contributed by atoms with E-state index in [1.54, 1.807) is 0 Å². The lowest BCUT2D eigenvalue weighted by Gasteiger charge is -2.43. The van der Waals surface area contributed by atoms with Gasteiger partial charge in [-0.1, -0.05) is 38.3 Å². The molecule has 2 aromatic rings. The van der Waals surface area contributed by atoms with Crippen molar-refractivity contribution < 1.29 is 18.7 Å². The zero-order valence-corrected chi connectivity index (χ0v) is 29.1. The van der Waals surface area contributed by atoms with E-state index in [0.29, 0.717) is 25.3 Å². The summed E-state index contributed by atoms with van der Waals surface area (Å²) in [5, 5.41) is 0. The predicted molar refractivity (Wildman–Crippen MR) is 185 cm³/mol. The van der Waals surface area contributed by atoms with Crippen LogP contribution in [0.15, 0.2) is 42.0 Å². The van der Waals surface area contributed by atoms with Crippen molar-refractivity contribution in [2.45, 2.75) is 70.8 Å².